The first-order valence-electron chi connectivity index (χ1n) is 4.31. The van der Waals surface area contributed by atoms with E-state index in [0.717, 1.165) is 26.2 Å². The van der Waals surface area contributed by atoms with Crippen LogP contribution in [0, 0.1) is 11.8 Å². The van der Waals surface area contributed by atoms with Gasteiger partial charge in [0.25, 0.3) is 0 Å². The molecular weight excluding hydrogens is 168 g/mol. The van der Waals surface area contributed by atoms with Gasteiger partial charge in [0.05, 0.1) is 6.54 Å². The average molecular weight is 182 g/mol. The molecule has 1 fully saturated rings. The highest BCUT2D eigenvalue weighted by molar-refractivity contribution is 5.86. The summed E-state index contributed by atoms with van der Waals surface area (Å²) in [7, 11) is 2.08. The third kappa shape index (κ3) is 3.92. The summed E-state index contributed by atoms with van der Waals surface area (Å²) in [6, 6.07) is 0. The van der Waals surface area contributed by atoms with Gasteiger partial charge in [0, 0.05) is 32.1 Å². The molecule has 0 bridgehead atoms. The van der Waals surface area contributed by atoms with Crippen LogP contribution in [0.5, 0.6) is 0 Å². The van der Waals surface area contributed by atoms with Gasteiger partial charge in [-0.2, -0.15) is 0 Å². The van der Waals surface area contributed by atoms with Gasteiger partial charge in [0.1, 0.15) is 0 Å². The van der Waals surface area contributed by atoms with E-state index in [4.69, 9.17) is 5.11 Å². The van der Waals surface area contributed by atoms with E-state index < -0.39 is 5.97 Å². The third-order valence-corrected chi connectivity index (χ3v) is 2.09. The molecule has 0 aliphatic carbocycles. The van der Waals surface area contributed by atoms with Crippen LogP contribution in [-0.2, 0) is 4.79 Å². The second-order valence-electron chi connectivity index (χ2n) is 3.19. The van der Waals surface area contributed by atoms with Crippen molar-refractivity contribution in [1.82, 2.24) is 9.80 Å². The summed E-state index contributed by atoms with van der Waals surface area (Å²) in [6.45, 7) is 4.60. The monoisotopic (exact) mass is 182 g/mol. The van der Waals surface area contributed by atoms with Crippen molar-refractivity contribution in [2.24, 2.45) is 0 Å². The van der Waals surface area contributed by atoms with E-state index in [2.05, 4.69) is 28.7 Å². The minimum atomic E-state index is -1.05. The van der Waals surface area contributed by atoms with Crippen LogP contribution >= 0.6 is 0 Å². The van der Waals surface area contributed by atoms with E-state index >= 15 is 0 Å². The van der Waals surface area contributed by atoms with Gasteiger partial charge in [-0.3, -0.25) is 4.90 Å². The third-order valence-electron chi connectivity index (χ3n) is 2.09. The average Bonchev–Trinajstić information content (AvgIpc) is 2.08. The van der Waals surface area contributed by atoms with Gasteiger partial charge in [0.15, 0.2) is 0 Å². The van der Waals surface area contributed by atoms with E-state index in [1.807, 2.05) is 0 Å². The number of nitrogens with zero attached hydrogens (tertiary/aromatic N) is 2. The molecular formula is C9H14N2O2. The molecule has 0 unspecified atom stereocenters. The molecule has 0 amide bonds. The van der Waals surface area contributed by atoms with Crippen molar-refractivity contribution in [3.8, 4) is 11.8 Å². The fourth-order valence-corrected chi connectivity index (χ4v) is 1.23. The number of hydrogen-bond acceptors (Lipinski definition) is 3. The number of carboxylic acid groups (broad SMARTS) is 1. The highest BCUT2D eigenvalue weighted by Gasteiger charge is 2.11. The molecule has 1 N–H and O–H groups in total. The Morgan fingerprint density at radius 1 is 1.38 bits per heavy atom. The zero-order valence-corrected chi connectivity index (χ0v) is 7.79. The number of piperazine rings is 1. The Bertz CT molecular complexity index is 234. The fourth-order valence-electron chi connectivity index (χ4n) is 1.23. The van der Waals surface area contributed by atoms with Gasteiger partial charge in [-0.1, -0.05) is 5.92 Å². The number of hydrogen-bond donors (Lipinski definition) is 1. The van der Waals surface area contributed by atoms with Crippen LogP contribution in [-0.4, -0.2) is 60.6 Å². The first-order chi connectivity index (χ1) is 6.18. The molecule has 0 radical (unpaired) electrons. The van der Waals surface area contributed by atoms with E-state index in [1.54, 1.807) is 0 Å². The summed E-state index contributed by atoms with van der Waals surface area (Å²) in [5.74, 6) is 3.70. The molecule has 0 atom stereocenters. The second-order valence-corrected chi connectivity index (χ2v) is 3.19. The minimum absolute atomic E-state index is 0.570. The first kappa shape index (κ1) is 10.0. The minimum Gasteiger partial charge on any atom is -0.472 e. The largest absolute Gasteiger partial charge is 0.472 e. The van der Waals surface area contributed by atoms with Gasteiger partial charge in [-0.05, 0) is 7.05 Å². The topological polar surface area (TPSA) is 43.8 Å². The van der Waals surface area contributed by atoms with Gasteiger partial charge in [-0.15, -0.1) is 0 Å². The van der Waals surface area contributed by atoms with Crippen molar-refractivity contribution in [2.75, 3.05) is 39.8 Å². The van der Waals surface area contributed by atoms with Gasteiger partial charge < -0.3 is 10.0 Å². The van der Waals surface area contributed by atoms with E-state index in [9.17, 15) is 4.79 Å². The number of aliphatic carboxylic acids is 1. The predicted octanol–water partition coefficient (Wildman–Crippen LogP) is -0.678. The van der Waals surface area contributed by atoms with Gasteiger partial charge >= 0.3 is 5.97 Å². The molecule has 0 spiro atoms. The predicted molar refractivity (Wildman–Crippen MR) is 49.3 cm³/mol. The molecule has 1 aliphatic heterocycles. The molecule has 0 aromatic heterocycles. The van der Waals surface area contributed by atoms with Crippen LogP contribution in [0.25, 0.3) is 0 Å². The molecule has 1 rings (SSSR count). The summed E-state index contributed by atoms with van der Waals surface area (Å²) < 4.78 is 0. The van der Waals surface area contributed by atoms with Crippen molar-refractivity contribution >= 4 is 5.97 Å². The molecule has 1 aliphatic rings. The molecule has 0 aromatic carbocycles. The lowest BCUT2D eigenvalue weighted by Crippen LogP contribution is -2.44. The standard InChI is InChI=1S/C9H14N2O2/c1-10-5-7-11(8-6-10)4-2-3-9(12)13/h4-8H2,1H3,(H,12,13). The summed E-state index contributed by atoms with van der Waals surface area (Å²) in [5, 5.41) is 8.28. The fraction of sp³-hybridized carbons (Fsp3) is 0.667. The zero-order chi connectivity index (χ0) is 9.68. The van der Waals surface area contributed by atoms with E-state index in [0.29, 0.717) is 6.54 Å². The molecule has 1 heterocycles. The normalized spacial score (nSPS) is 19.2. The quantitative estimate of drug-likeness (QED) is 0.546. The molecule has 4 heteroatoms. The maximum Gasteiger partial charge on any atom is 0.381 e. The van der Waals surface area contributed by atoms with E-state index in [1.165, 1.54) is 0 Å². The van der Waals surface area contributed by atoms with Crippen LogP contribution in [0.15, 0.2) is 0 Å². The Balaban J connectivity index is 2.24. The van der Waals surface area contributed by atoms with Crippen LogP contribution in [0.4, 0.5) is 0 Å². The summed E-state index contributed by atoms with van der Waals surface area (Å²) in [6.07, 6.45) is 0. The van der Waals surface area contributed by atoms with Crippen molar-refractivity contribution in [3.63, 3.8) is 0 Å². The lowest BCUT2D eigenvalue weighted by Gasteiger charge is -2.30. The van der Waals surface area contributed by atoms with Crippen molar-refractivity contribution < 1.29 is 9.90 Å². The molecule has 1 saturated heterocycles. The Kier molecular flexibility index (Phi) is 3.74. The molecule has 72 valence electrons. The lowest BCUT2D eigenvalue weighted by molar-refractivity contribution is -0.130. The summed E-state index contributed by atoms with van der Waals surface area (Å²) in [4.78, 5) is 14.5. The van der Waals surface area contributed by atoms with Crippen LogP contribution in [0.1, 0.15) is 0 Å². The Morgan fingerprint density at radius 2 is 2.00 bits per heavy atom. The highest BCUT2D eigenvalue weighted by Crippen LogP contribution is 1.96. The molecule has 4 nitrogen and oxygen atoms in total. The Morgan fingerprint density at radius 3 is 2.54 bits per heavy atom. The maximum atomic E-state index is 10.1. The number of rotatable bonds is 1. The lowest BCUT2D eigenvalue weighted by atomic mass is 10.3. The number of carboxylic acids is 1. The van der Waals surface area contributed by atoms with Crippen LogP contribution < -0.4 is 0 Å². The zero-order valence-electron chi connectivity index (χ0n) is 7.79. The van der Waals surface area contributed by atoms with Crippen LogP contribution in [0.3, 0.4) is 0 Å². The Labute approximate surface area is 78.1 Å². The van der Waals surface area contributed by atoms with Crippen molar-refractivity contribution in [3.05, 3.63) is 0 Å². The molecule has 0 saturated carbocycles. The first-order valence-corrected chi connectivity index (χ1v) is 4.31. The number of carbonyl (C=O) groups is 1. The highest BCUT2D eigenvalue weighted by atomic mass is 16.4. The summed E-state index contributed by atoms with van der Waals surface area (Å²) in [5.41, 5.74) is 0. The maximum absolute atomic E-state index is 10.1. The second kappa shape index (κ2) is 4.85. The van der Waals surface area contributed by atoms with E-state index in [-0.39, 0.29) is 0 Å². The molecule has 13 heavy (non-hydrogen) atoms. The van der Waals surface area contributed by atoms with Gasteiger partial charge in [0.2, 0.25) is 0 Å². The van der Waals surface area contributed by atoms with Crippen molar-refractivity contribution in [2.45, 2.75) is 0 Å². The summed E-state index contributed by atoms with van der Waals surface area (Å²) >= 11 is 0. The number of likely N-dealkylation sites (N-methyl/N-ethyl adjacent to an activating group) is 1. The Hall–Kier alpha value is -1.05. The SMILES string of the molecule is CN1CCN(CC#CC(=O)O)CC1. The van der Waals surface area contributed by atoms with Crippen molar-refractivity contribution in [1.29, 1.82) is 0 Å². The molecule has 0 aromatic rings. The van der Waals surface area contributed by atoms with Crippen LogP contribution in [0.2, 0.25) is 0 Å². The smallest absolute Gasteiger partial charge is 0.381 e. The van der Waals surface area contributed by atoms with Gasteiger partial charge in [-0.25, -0.2) is 4.79 Å².